The van der Waals surface area contributed by atoms with Crippen molar-refractivity contribution in [1.29, 1.82) is 0 Å². The smallest absolute Gasteiger partial charge is 0.234 e. The lowest BCUT2D eigenvalue weighted by atomic mass is 10.1. The van der Waals surface area contributed by atoms with Gasteiger partial charge < -0.3 is 10.5 Å². The van der Waals surface area contributed by atoms with E-state index in [1.807, 2.05) is 11.0 Å². The number of nitrogens with two attached hydrogens (primary N) is 1. The molecule has 1 aromatic rings. The van der Waals surface area contributed by atoms with E-state index in [0.717, 1.165) is 5.56 Å². The van der Waals surface area contributed by atoms with Crippen molar-refractivity contribution in [2.75, 3.05) is 13.7 Å². The van der Waals surface area contributed by atoms with Gasteiger partial charge in [-0.3, -0.25) is 9.69 Å². The molecule has 1 saturated heterocycles. The van der Waals surface area contributed by atoms with E-state index in [4.69, 9.17) is 10.5 Å². The van der Waals surface area contributed by atoms with E-state index in [2.05, 4.69) is 15.9 Å². The Morgan fingerprint density at radius 3 is 2.95 bits per heavy atom. The van der Waals surface area contributed by atoms with Crippen molar-refractivity contribution in [2.45, 2.75) is 25.1 Å². The number of nitrogens with zero attached hydrogens (tertiary/aromatic N) is 1. The monoisotopic (exact) mass is 330 g/mol. The van der Waals surface area contributed by atoms with Crippen LogP contribution < -0.4 is 5.73 Å². The number of halogens is 2. The van der Waals surface area contributed by atoms with Crippen LogP contribution in [0.25, 0.3) is 0 Å². The van der Waals surface area contributed by atoms with Crippen LogP contribution in [0.15, 0.2) is 22.7 Å². The Labute approximate surface area is 119 Å². The second-order valence-corrected chi connectivity index (χ2v) is 5.54. The molecule has 0 bridgehead atoms. The molecule has 1 fully saturated rings. The molecule has 0 aliphatic carbocycles. The number of benzene rings is 1. The summed E-state index contributed by atoms with van der Waals surface area (Å²) in [6.45, 7) is 1.11. The Kier molecular flexibility index (Phi) is 4.54. The SMILES string of the molecule is CO[C@H]1C[C@@H](C(N)=O)N(Cc2ccc(Br)c(F)c2)C1. The summed E-state index contributed by atoms with van der Waals surface area (Å²) >= 11 is 3.12. The van der Waals surface area contributed by atoms with E-state index in [0.29, 0.717) is 24.0 Å². The highest BCUT2D eigenvalue weighted by Crippen LogP contribution is 2.24. The third kappa shape index (κ3) is 3.32. The Balaban J connectivity index is 2.12. The minimum Gasteiger partial charge on any atom is -0.380 e. The van der Waals surface area contributed by atoms with Crippen LogP contribution in [0.5, 0.6) is 0 Å². The molecule has 1 aliphatic rings. The van der Waals surface area contributed by atoms with Gasteiger partial charge in [-0.25, -0.2) is 4.39 Å². The van der Waals surface area contributed by atoms with E-state index >= 15 is 0 Å². The number of carbonyl (C=O) groups excluding carboxylic acids is 1. The third-order valence-corrected chi connectivity index (χ3v) is 4.04. The molecule has 6 heteroatoms. The molecule has 104 valence electrons. The van der Waals surface area contributed by atoms with Crippen molar-refractivity contribution in [2.24, 2.45) is 5.73 Å². The van der Waals surface area contributed by atoms with E-state index in [9.17, 15) is 9.18 Å². The normalized spacial score (nSPS) is 23.7. The van der Waals surface area contributed by atoms with Crippen molar-refractivity contribution in [3.05, 3.63) is 34.1 Å². The first kappa shape index (κ1) is 14.4. The van der Waals surface area contributed by atoms with Crippen LogP contribution in [-0.4, -0.2) is 36.6 Å². The number of hydrogen-bond acceptors (Lipinski definition) is 3. The van der Waals surface area contributed by atoms with Crippen molar-refractivity contribution < 1.29 is 13.9 Å². The molecule has 2 atom stereocenters. The standard InChI is InChI=1S/C13H16BrFN2O2/c1-19-9-5-12(13(16)18)17(7-9)6-8-2-3-10(14)11(15)4-8/h2-4,9,12H,5-7H2,1H3,(H2,16,18)/t9-,12-/m0/s1. The average Bonchev–Trinajstić information content (AvgIpc) is 2.77. The van der Waals surface area contributed by atoms with Crippen LogP contribution in [0.1, 0.15) is 12.0 Å². The van der Waals surface area contributed by atoms with Gasteiger partial charge in [-0.05, 0) is 40.0 Å². The fourth-order valence-corrected chi connectivity index (χ4v) is 2.62. The summed E-state index contributed by atoms with van der Waals surface area (Å²) in [5, 5.41) is 0. The molecule has 0 spiro atoms. The zero-order valence-corrected chi connectivity index (χ0v) is 12.2. The van der Waals surface area contributed by atoms with Crippen LogP contribution in [0, 0.1) is 5.82 Å². The quantitative estimate of drug-likeness (QED) is 0.913. The maximum absolute atomic E-state index is 13.5. The van der Waals surface area contributed by atoms with Crippen molar-refractivity contribution in [3.63, 3.8) is 0 Å². The lowest BCUT2D eigenvalue weighted by Gasteiger charge is -2.21. The van der Waals surface area contributed by atoms with Crippen LogP contribution in [0.2, 0.25) is 0 Å². The molecule has 19 heavy (non-hydrogen) atoms. The number of primary amides is 1. The topological polar surface area (TPSA) is 55.6 Å². The van der Waals surface area contributed by atoms with Gasteiger partial charge in [0.25, 0.3) is 0 Å². The fourth-order valence-electron chi connectivity index (χ4n) is 2.38. The van der Waals surface area contributed by atoms with Crippen LogP contribution in [0.4, 0.5) is 4.39 Å². The summed E-state index contributed by atoms with van der Waals surface area (Å²) in [6.07, 6.45) is 0.586. The molecule has 0 unspecified atom stereocenters. The molecular weight excluding hydrogens is 315 g/mol. The molecule has 1 amide bonds. The fraction of sp³-hybridized carbons (Fsp3) is 0.462. The summed E-state index contributed by atoms with van der Waals surface area (Å²) < 4.78 is 19.2. The van der Waals surface area contributed by atoms with E-state index in [1.165, 1.54) is 6.07 Å². The zero-order valence-electron chi connectivity index (χ0n) is 10.6. The molecule has 1 heterocycles. The molecule has 0 saturated carbocycles. The second kappa shape index (κ2) is 5.98. The van der Waals surface area contributed by atoms with Gasteiger partial charge in [0.2, 0.25) is 5.91 Å². The highest BCUT2D eigenvalue weighted by molar-refractivity contribution is 9.10. The first-order chi connectivity index (χ1) is 9.01. The molecule has 2 rings (SSSR count). The average molecular weight is 331 g/mol. The number of rotatable bonds is 4. The number of carbonyl (C=O) groups is 1. The molecule has 4 nitrogen and oxygen atoms in total. The van der Waals surface area contributed by atoms with Crippen LogP contribution in [0.3, 0.4) is 0 Å². The van der Waals surface area contributed by atoms with E-state index in [1.54, 1.807) is 13.2 Å². The van der Waals surface area contributed by atoms with Crippen molar-refractivity contribution >= 4 is 21.8 Å². The minimum absolute atomic E-state index is 0.00204. The van der Waals surface area contributed by atoms with Gasteiger partial charge in [-0.2, -0.15) is 0 Å². The van der Waals surface area contributed by atoms with Crippen LogP contribution in [-0.2, 0) is 16.1 Å². The summed E-state index contributed by atoms with van der Waals surface area (Å²) in [6, 6.07) is 4.60. The molecule has 2 N–H and O–H groups in total. The van der Waals surface area contributed by atoms with Gasteiger partial charge in [-0.15, -0.1) is 0 Å². The van der Waals surface area contributed by atoms with Crippen LogP contribution >= 0.6 is 15.9 Å². The minimum atomic E-state index is -0.364. The highest BCUT2D eigenvalue weighted by Gasteiger charge is 2.35. The molecule has 1 aliphatic heterocycles. The summed E-state index contributed by atoms with van der Waals surface area (Å²) in [5.74, 6) is -0.673. The summed E-state index contributed by atoms with van der Waals surface area (Å²) in [4.78, 5) is 13.4. The van der Waals surface area contributed by atoms with Gasteiger partial charge >= 0.3 is 0 Å². The lowest BCUT2D eigenvalue weighted by molar-refractivity contribution is -0.122. The first-order valence-electron chi connectivity index (χ1n) is 6.01. The summed E-state index contributed by atoms with van der Waals surface area (Å²) in [5.41, 5.74) is 6.20. The van der Waals surface area contributed by atoms with Gasteiger partial charge in [0, 0.05) is 20.2 Å². The van der Waals surface area contributed by atoms with Crippen molar-refractivity contribution in [3.8, 4) is 0 Å². The van der Waals surface area contributed by atoms with E-state index < -0.39 is 0 Å². The van der Waals surface area contributed by atoms with Gasteiger partial charge in [0.05, 0.1) is 16.6 Å². The first-order valence-corrected chi connectivity index (χ1v) is 6.80. The molecule has 0 radical (unpaired) electrons. The largest absolute Gasteiger partial charge is 0.380 e. The van der Waals surface area contributed by atoms with E-state index in [-0.39, 0.29) is 23.9 Å². The van der Waals surface area contributed by atoms with Gasteiger partial charge in [-0.1, -0.05) is 6.07 Å². The molecule has 0 aromatic heterocycles. The van der Waals surface area contributed by atoms with Gasteiger partial charge in [0.15, 0.2) is 0 Å². The Bertz CT molecular complexity index is 484. The number of likely N-dealkylation sites (tertiary alicyclic amines) is 1. The number of hydrogen-bond donors (Lipinski definition) is 1. The predicted molar refractivity (Wildman–Crippen MR) is 72.9 cm³/mol. The number of methoxy groups -OCH3 is 1. The molecule has 1 aromatic carbocycles. The number of ether oxygens (including phenoxy) is 1. The Hall–Kier alpha value is -0.980. The van der Waals surface area contributed by atoms with Gasteiger partial charge in [0.1, 0.15) is 5.82 Å². The second-order valence-electron chi connectivity index (χ2n) is 4.69. The lowest BCUT2D eigenvalue weighted by Crippen LogP contribution is -2.39. The zero-order chi connectivity index (χ0) is 14.0. The third-order valence-electron chi connectivity index (χ3n) is 3.40. The number of amides is 1. The highest BCUT2D eigenvalue weighted by atomic mass is 79.9. The maximum atomic E-state index is 13.5. The Morgan fingerprint density at radius 2 is 2.37 bits per heavy atom. The Morgan fingerprint density at radius 1 is 1.63 bits per heavy atom. The molecular formula is C13H16BrFN2O2. The predicted octanol–water partition coefficient (Wildman–Crippen LogP) is 1.66. The summed E-state index contributed by atoms with van der Waals surface area (Å²) in [7, 11) is 1.62. The maximum Gasteiger partial charge on any atom is 0.234 e. The van der Waals surface area contributed by atoms with Crippen molar-refractivity contribution in [1.82, 2.24) is 4.90 Å².